The molecule has 0 atom stereocenters. The summed E-state index contributed by atoms with van der Waals surface area (Å²) in [6.45, 7) is 4.76. The number of hydrogen-bond donors (Lipinski definition) is 1. The molecule has 1 amide bonds. The topological polar surface area (TPSA) is 41.6 Å². The van der Waals surface area contributed by atoms with Gasteiger partial charge in [0.2, 0.25) is 0 Å². The van der Waals surface area contributed by atoms with Crippen molar-refractivity contribution in [1.29, 1.82) is 0 Å². The highest BCUT2D eigenvalue weighted by atomic mass is 16.5. The lowest BCUT2D eigenvalue weighted by Crippen LogP contribution is -2.23. The van der Waals surface area contributed by atoms with E-state index in [1.807, 2.05) is 19.1 Å². The second-order valence-corrected chi connectivity index (χ2v) is 6.23. The Kier molecular flexibility index (Phi) is 5.04. The summed E-state index contributed by atoms with van der Waals surface area (Å²) < 4.78 is 5.23. The molecule has 1 aliphatic heterocycles. The minimum atomic E-state index is -0.0654. The molecule has 1 saturated heterocycles. The van der Waals surface area contributed by atoms with Crippen molar-refractivity contribution in [3.63, 3.8) is 0 Å². The Morgan fingerprint density at radius 2 is 1.83 bits per heavy atom. The number of carbonyl (C=O) groups excluding carboxylic acids is 1. The van der Waals surface area contributed by atoms with Crippen LogP contribution >= 0.6 is 0 Å². The first-order valence-electron chi connectivity index (χ1n) is 8.44. The van der Waals surface area contributed by atoms with Gasteiger partial charge in [0.15, 0.2) is 0 Å². The van der Waals surface area contributed by atoms with E-state index in [1.54, 1.807) is 13.2 Å². The molecule has 0 spiro atoms. The number of methoxy groups -OCH3 is 1. The summed E-state index contributed by atoms with van der Waals surface area (Å²) >= 11 is 0. The molecule has 3 rings (SSSR count). The van der Waals surface area contributed by atoms with E-state index in [0.29, 0.717) is 12.1 Å². The maximum absolute atomic E-state index is 12.3. The van der Waals surface area contributed by atoms with Gasteiger partial charge in [-0.1, -0.05) is 12.1 Å². The molecular formula is C20H24N2O2. The van der Waals surface area contributed by atoms with Gasteiger partial charge in [-0.25, -0.2) is 0 Å². The first-order chi connectivity index (χ1) is 11.7. The summed E-state index contributed by atoms with van der Waals surface area (Å²) in [6.07, 6.45) is 2.55. The van der Waals surface area contributed by atoms with Crippen LogP contribution in [-0.4, -0.2) is 26.1 Å². The molecule has 0 unspecified atom stereocenters. The van der Waals surface area contributed by atoms with Gasteiger partial charge in [-0.15, -0.1) is 0 Å². The van der Waals surface area contributed by atoms with Crippen molar-refractivity contribution in [2.75, 3.05) is 25.1 Å². The van der Waals surface area contributed by atoms with Gasteiger partial charge in [-0.05, 0) is 61.2 Å². The number of ether oxygens (including phenoxy) is 1. The maximum Gasteiger partial charge on any atom is 0.251 e. The van der Waals surface area contributed by atoms with Crippen LogP contribution in [0.25, 0.3) is 0 Å². The van der Waals surface area contributed by atoms with Gasteiger partial charge in [-0.2, -0.15) is 0 Å². The molecule has 4 nitrogen and oxygen atoms in total. The lowest BCUT2D eigenvalue weighted by molar-refractivity contribution is 0.0951. The third-order valence-electron chi connectivity index (χ3n) is 4.52. The zero-order chi connectivity index (χ0) is 16.9. The molecular weight excluding hydrogens is 300 g/mol. The summed E-state index contributed by atoms with van der Waals surface area (Å²) in [5.74, 6) is 0.730. The monoisotopic (exact) mass is 324 g/mol. The second kappa shape index (κ2) is 7.39. The lowest BCUT2D eigenvalue weighted by atomic mass is 10.1. The Hall–Kier alpha value is -2.49. The van der Waals surface area contributed by atoms with Crippen molar-refractivity contribution >= 4 is 11.6 Å². The predicted octanol–water partition coefficient (Wildman–Crippen LogP) is 3.53. The Morgan fingerprint density at radius 3 is 2.46 bits per heavy atom. The molecule has 2 aromatic carbocycles. The maximum atomic E-state index is 12.3. The van der Waals surface area contributed by atoms with Crippen molar-refractivity contribution in [2.45, 2.75) is 26.3 Å². The van der Waals surface area contributed by atoms with Crippen LogP contribution in [0.2, 0.25) is 0 Å². The van der Waals surface area contributed by atoms with E-state index in [1.165, 1.54) is 18.5 Å². The van der Waals surface area contributed by atoms with Crippen LogP contribution in [0.5, 0.6) is 5.75 Å². The lowest BCUT2D eigenvalue weighted by Gasteiger charge is -2.17. The van der Waals surface area contributed by atoms with Crippen molar-refractivity contribution in [1.82, 2.24) is 5.32 Å². The van der Waals surface area contributed by atoms with Gasteiger partial charge >= 0.3 is 0 Å². The number of hydrogen-bond acceptors (Lipinski definition) is 3. The van der Waals surface area contributed by atoms with E-state index in [-0.39, 0.29) is 5.91 Å². The molecule has 24 heavy (non-hydrogen) atoms. The zero-order valence-corrected chi connectivity index (χ0v) is 14.3. The smallest absolute Gasteiger partial charge is 0.251 e. The fraction of sp³-hybridized carbons (Fsp3) is 0.350. The first kappa shape index (κ1) is 16.4. The van der Waals surface area contributed by atoms with E-state index in [2.05, 4.69) is 34.5 Å². The van der Waals surface area contributed by atoms with E-state index in [9.17, 15) is 4.79 Å². The Balaban J connectivity index is 1.58. The molecule has 0 saturated carbocycles. The van der Waals surface area contributed by atoms with E-state index in [0.717, 1.165) is 30.0 Å². The van der Waals surface area contributed by atoms with Crippen molar-refractivity contribution < 1.29 is 9.53 Å². The van der Waals surface area contributed by atoms with E-state index in [4.69, 9.17) is 4.74 Å². The number of benzene rings is 2. The molecule has 1 fully saturated rings. The van der Waals surface area contributed by atoms with Crippen molar-refractivity contribution in [3.05, 3.63) is 59.2 Å². The van der Waals surface area contributed by atoms with Crippen LogP contribution in [-0.2, 0) is 6.54 Å². The minimum absolute atomic E-state index is 0.0654. The van der Waals surface area contributed by atoms with Crippen molar-refractivity contribution in [3.8, 4) is 5.75 Å². The van der Waals surface area contributed by atoms with Crippen LogP contribution in [0.1, 0.15) is 34.3 Å². The van der Waals surface area contributed by atoms with Gasteiger partial charge < -0.3 is 15.0 Å². The molecule has 0 bridgehead atoms. The molecule has 2 aromatic rings. The highest BCUT2D eigenvalue weighted by molar-refractivity contribution is 5.94. The van der Waals surface area contributed by atoms with Gasteiger partial charge in [-0.3, -0.25) is 4.79 Å². The number of amides is 1. The number of anilines is 1. The standard InChI is InChI=1S/C20H24N2O2/c1-15-13-17(7-10-19(15)24-2)20(23)21-14-16-5-8-18(9-6-16)22-11-3-4-12-22/h5-10,13H,3-4,11-12,14H2,1-2H3,(H,21,23). The van der Waals surface area contributed by atoms with Crippen LogP contribution in [0.3, 0.4) is 0 Å². The molecule has 0 aromatic heterocycles. The Labute approximate surface area is 143 Å². The van der Waals surface area contributed by atoms with Crippen LogP contribution < -0.4 is 15.0 Å². The molecule has 1 N–H and O–H groups in total. The third-order valence-corrected chi connectivity index (χ3v) is 4.52. The third kappa shape index (κ3) is 3.70. The average Bonchev–Trinajstić information content (AvgIpc) is 3.14. The first-order valence-corrected chi connectivity index (χ1v) is 8.44. The quantitative estimate of drug-likeness (QED) is 0.915. The highest BCUT2D eigenvalue weighted by Gasteiger charge is 2.12. The SMILES string of the molecule is COc1ccc(C(=O)NCc2ccc(N3CCCC3)cc2)cc1C. The fourth-order valence-electron chi connectivity index (χ4n) is 3.10. The number of nitrogens with zero attached hydrogens (tertiary/aromatic N) is 1. The largest absolute Gasteiger partial charge is 0.496 e. The Bertz CT molecular complexity index is 704. The summed E-state index contributed by atoms with van der Waals surface area (Å²) in [4.78, 5) is 14.7. The summed E-state index contributed by atoms with van der Waals surface area (Å²) in [7, 11) is 1.63. The molecule has 126 valence electrons. The van der Waals surface area contributed by atoms with Gasteiger partial charge in [0.05, 0.1) is 7.11 Å². The van der Waals surface area contributed by atoms with Gasteiger partial charge in [0, 0.05) is 30.9 Å². The summed E-state index contributed by atoms with van der Waals surface area (Å²) in [6, 6.07) is 13.9. The molecule has 1 aliphatic rings. The number of aryl methyl sites for hydroxylation is 1. The zero-order valence-electron chi connectivity index (χ0n) is 14.3. The van der Waals surface area contributed by atoms with Crippen LogP contribution in [0.15, 0.2) is 42.5 Å². The normalized spacial score (nSPS) is 13.8. The van der Waals surface area contributed by atoms with Crippen molar-refractivity contribution in [2.24, 2.45) is 0 Å². The highest BCUT2D eigenvalue weighted by Crippen LogP contribution is 2.21. The van der Waals surface area contributed by atoms with E-state index >= 15 is 0 Å². The van der Waals surface area contributed by atoms with Crippen LogP contribution in [0, 0.1) is 6.92 Å². The van der Waals surface area contributed by atoms with Crippen LogP contribution in [0.4, 0.5) is 5.69 Å². The number of carbonyl (C=O) groups is 1. The number of rotatable bonds is 5. The minimum Gasteiger partial charge on any atom is -0.496 e. The Morgan fingerprint density at radius 1 is 1.12 bits per heavy atom. The number of nitrogens with one attached hydrogen (secondary N) is 1. The predicted molar refractivity (Wildman–Crippen MR) is 96.8 cm³/mol. The average molecular weight is 324 g/mol. The van der Waals surface area contributed by atoms with E-state index < -0.39 is 0 Å². The van der Waals surface area contributed by atoms with Gasteiger partial charge in [0.1, 0.15) is 5.75 Å². The summed E-state index contributed by atoms with van der Waals surface area (Å²) in [5, 5.41) is 2.98. The van der Waals surface area contributed by atoms with Gasteiger partial charge in [0.25, 0.3) is 5.91 Å². The molecule has 0 aliphatic carbocycles. The summed E-state index contributed by atoms with van der Waals surface area (Å²) in [5.41, 5.74) is 3.99. The fourth-order valence-corrected chi connectivity index (χ4v) is 3.10. The molecule has 0 radical (unpaired) electrons. The second-order valence-electron chi connectivity index (χ2n) is 6.23. The molecule has 4 heteroatoms. The molecule has 1 heterocycles.